The lowest BCUT2D eigenvalue weighted by Gasteiger charge is -2.58. The van der Waals surface area contributed by atoms with Crippen LogP contribution in [0.25, 0.3) is 0 Å². The summed E-state index contributed by atoms with van der Waals surface area (Å²) < 4.78 is 5.47. The number of rotatable bonds is 6. The van der Waals surface area contributed by atoms with E-state index in [-0.39, 0.29) is 12.1 Å². The van der Waals surface area contributed by atoms with Gasteiger partial charge in [-0.2, -0.15) is 0 Å². The molecule has 1 N–H and O–H groups in total. The van der Waals surface area contributed by atoms with Crippen LogP contribution in [0.5, 0.6) is 5.75 Å². The molecular formula is C34H52N4O3. The van der Waals surface area contributed by atoms with Gasteiger partial charge in [-0.1, -0.05) is 32.4 Å². The van der Waals surface area contributed by atoms with Crippen LogP contribution in [0, 0.1) is 40.4 Å². The molecule has 7 nitrogen and oxygen atoms in total. The molecule has 5 aliphatic rings. The van der Waals surface area contributed by atoms with Crippen LogP contribution in [0.1, 0.15) is 91.9 Å². The number of allylic oxidation sites excluding steroid dienone is 1. The third-order valence-corrected chi connectivity index (χ3v) is 12.8. The molecule has 4 aliphatic carbocycles. The Labute approximate surface area is 247 Å². The zero-order valence-corrected chi connectivity index (χ0v) is 26.0. The summed E-state index contributed by atoms with van der Waals surface area (Å²) in [5, 5.41) is 10.3. The monoisotopic (exact) mass is 564 g/mol. The number of piperazine rings is 1. The van der Waals surface area contributed by atoms with Gasteiger partial charge in [0.2, 0.25) is 5.91 Å². The van der Waals surface area contributed by atoms with Crippen LogP contribution in [0.4, 0.5) is 5.82 Å². The van der Waals surface area contributed by atoms with Crippen LogP contribution in [-0.2, 0) is 4.79 Å². The van der Waals surface area contributed by atoms with Gasteiger partial charge in [0.05, 0.1) is 19.4 Å². The highest BCUT2D eigenvalue weighted by Crippen LogP contribution is 2.67. The smallest absolute Gasteiger partial charge is 0.222 e. The average Bonchev–Trinajstić information content (AvgIpc) is 3.33. The van der Waals surface area contributed by atoms with E-state index in [9.17, 15) is 9.90 Å². The molecule has 226 valence electrons. The Hall–Kier alpha value is -2.15. The fraction of sp³-hybridized carbons (Fsp3) is 0.794. The summed E-state index contributed by atoms with van der Waals surface area (Å²) in [5.41, 5.74) is 2.27. The topological polar surface area (TPSA) is 78.8 Å². The van der Waals surface area contributed by atoms with Crippen LogP contribution >= 0.6 is 0 Å². The summed E-state index contributed by atoms with van der Waals surface area (Å²) in [5.74, 6) is 5.47. The molecule has 3 saturated carbocycles. The normalized spacial score (nSPS) is 39.3. The van der Waals surface area contributed by atoms with E-state index >= 15 is 0 Å². The minimum absolute atomic E-state index is 0.132. The van der Waals surface area contributed by atoms with E-state index in [0.717, 1.165) is 68.9 Å². The Morgan fingerprint density at radius 2 is 2.00 bits per heavy atom. The van der Waals surface area contributed by atoms with Crippen molar-refractivity contribution in [1.29, 1.82) is 0 Å². The highest BCUT2D eigenvalue weighted by molar-refractivity contribution is 5.77. The summed E-state index contributed by atoms with van der Waals surface area (Å²) in [7, 11) is 1.65. The molecule has 1 amide bonds. The first-order valence-corrected chi connectivity index (χ1v) is 16.4. The zero-order chi connectivity index (χ0) is 28.9. The number of methoxy groups -OCH3 is 1. The van der Waals surface area contributed by atoms with Crippen LogP contribution in [0.15, 0.2) is 24.2 Å². The fourth-order valence-electron chi connectivity index (χ4n) is 10.5. The van der Waals surface area contributed by atoms with Crippen molar-refractivity contribution in [3.05, 3.63) is 24.2 Å². The number of amides is 1. The van der Waals surface area contributed by atoms with E-state index in [1.54, 1.807) is 25.2 Å². The molecule has 6 rings (SSSR count). The lowest BCUT2D eigenvalue weighted by molar-refractivity contribution is -0.134. The predicted octanol–water partition coefficient (Wildman–Crippen LogP) is 5.88. The van der Waals surface area contributed by atoms with Gasteiger partial charge >= 0.3 is 0 Å². The summed E-state index contributed by atoms with van der Waals surface area (Å²) >= 11 is 0. The molecule has 1 saturated heterocycles. The van der Waals surface area contributed by atoms with E-state index in [0.29, 0.717) is 40.7 Å². The number of hydrogen-bond donors (Lipinski definition) is 1. The molecule has 1 aliphatic heterocycles. The second kappa shape index (κ2) is 11.2. The van der Waals surface area contributed by atoms with Gasteiger partial charge in [-0.3, -0.25) is 4.79 Å². The van der Waals surface area contributed by atoms with E-state index in [2.05, 4.69) is 53.5 Å². The van der Waals surface area contributed by atoms with Gasteiger partial charge in [0.1, 0.15) is 6.33 Å². The van der Waals surface area contributed by atoms with Crippen molar-refractivity contribution in [1.82, 2.24) is 14.9 Å². The largest absolute Gasteiger partial charge is 0.491 e. The molecule has 7 heteroatoms. The van der Waals surface area contributed by atoms with Gasteiger partial charge in [0.25, 0.3) is 0 Å². The number of fused-ring (bicyclic) bond motifs is 5. The number of anilines is 1. The van der Waals surface area contributed by atoms with Gasteiger partial charge in [-0.05, 0) is 105 Å². The van der Waals surface area contributed by atoms with Crippen molar-refractivity contribution in [3.63, 3.8) is 0 Å². The predicted molar refractivity (Wildman–Crippen MR) is 162 cm³/mol. The maximum absolute atomic E-state index is 13.5. The van der Waals surface area contributed by atoms with Gasteiger partial charge in [-0.15, -0.1) is 0 Å². The van der Waals surface area contributed by atoms with Crippen molar-refractivity contribution in [3.8, 4) is 5.75 Å². The first-order valence-electron chi connectivity index (χ1n) is 16.4. The number of aliphatic hydroxyl groups excluding tert-OH is 1. The second-order valence-corrected chi connectivity index (χ2v) is 14.7. The maximum atomic E-state index is 13.5. The van der Waals surface area contributed by atoms with Crippen molar-refractivity contribution >= 4 is 11.7 Å². The Kier molecular flexibility index (Phi) is 7.88. The Morgan fingerprint density at radius 3 is 2.78 bits per heavy atom. The van der Waals surface area contributed by atoms with Crippen LogP contribution in [-0.4, -0.2) is 64.8 Å². The molecular weight excluding hydrogens is 512 g/mol. The van der Waals surface area contributed by atoms with Gasteiger partial charge in [0, 0.05) is 32.1 Å². The van der Waals surface area contributed by atoms with Gasteiger partial charge < -0.3 is 19.6 Å². The first-order chi connectivity index (χ1) is 19.7. The molecule has 0 aromatic carbocycles. The Morgan fingerprint density at radius 1 is 1.17 bits per heavy atom. The quantitative estimate of drug-likeness (QED) is 0.435. The summed E-state index contributed by atoms with van der Waals surface area (Å²) in [6, 6.07) is 0.140. The standard InChI is InChI=1S/C34H52N4O3/c1-22(6-11-31(40)38-17-16-37(20-23(38)2)32-30(41-5)19-35-21-36-32)27-9-10-28-26-8-7-24-18-25(39)12-14-33(24,3)29(26)13-15-34(27,28)4/h7,19,21-23,25-29,39H,6,8-18,20H2,1-5H3/t22?,23-,25-,26-,27+,28-,29-,33-,34+/m0/s1. The summed E-state index contributed by atoms with van der Waals surface area (Å²) in [6.45, 7) is 12.0. The minimum atomic E-state index is -0.132. The number of aliphatic hydroxyl groups is 1. The number of carbonyl (C=O) groups is 1. The third-order valence-electron chi connectivity index (χ3n) is 12.8. The first kappa shape index (κ1) is 28.9. The molecule has 41 heavy (non-hydrogen) atoms. The van der Waals surface area contributed by atoms with Crippen molar-refractivity contribution in [2.45, 2.75) is 104 Å². The Bertz CT molecular complexity index is 1160. The number of hydrogen-bond acceptors (Lipinski definition) is 6. The molecule has 1 aromatic rings. The summed E-state index contributed by atoms with van der Waals surface area (Å²) in [4.78, 5) is 26.3. The third kappa shape index (κ3) is 4.98. The fourth-order valence-corrected chi connectivity index (χ4v) is 10.5. The number of carbonyl (C=O) groups excluding carboxylic acids is 1. The summed E-state index contributed by atoms with van der Waals surface area (Å²) in [6.07, 6.45) is 16.9. The lowest BCUT2D eigenvalue weighted by atomic mass is 9.47. The van der Waals surface area contributed by atoms with Crippen molar-refractivity contribution in [2.24, 2.45) is 40.4 Å². The second-order valence-electron chi connectivity index (χ2n) is 14.7. The van der Waals surface area contributed by atoms with E-state index in [1.165, 1.54) is 32.1 Å². The van der Waals surface area contributed by atoms with Crippen molar-refractivity contribution in [2.75, 3.05) is 31.6 Å². The molecule has 9 atom stereocenters. The number of aromatic nitrogens is 2. The van der Waals surface area contributed by atoms with E-state index < -0.39 is 0 Å². The maximum Gasteiger partial charge on any atom is 0.222 e. The average molecular weight is 565 g/mol. The molecule has 0 bridgehead atoms. The van der Waals surface area contributed by atoms with Crippen LogP contribution in [0.3, 0.4) is 0 Å². The van der Waals surface area contributed by atoms with E-state index in [4.69, 9.17) is 4.74 Å². The lowest BCUT2D eigenvalue weighted by Crippen LogP contribution is -2.54. The number of nitrogens with zero attached hydrogens (tertiary/aromatic N) is 4. The molecule has 0 radical (unpaired) electrons. The van der Waals surface area contributed by atoms with Crippen molar-refractivity contribution < 1.29 is 14.6 Å². The van der Waals surface area contributed by atoms with Crippen LogP contribution in [0.2, 0.25) is 0 Å². The van der Waals surface area contributed by atoms with Crippen LogP contribution < -0.4 is 9.64 Å². The van der Waals surface area contributed by atoms with Gasteiger partial charge in [0.15, 0.2) is 11.6 Å². The highest BCUT2D eigenvalue weighted by Gasteiger charge is 2.59. The molecule has 1 aromatic heterocycles. The molecule has 4 fully saturated rings. The SMILES string of the molecule is COc1cncnc1N1CCN(C(=O)CCC(C)[C@H]2CC[C@H]3[C@@H]4CC=C5C[C@@H](O)CC[C@]5(C)[C@H]4CC[C@]23C)[C@@H](C)C1. The van der Waals surface area contributed by atoms with E-state index in [1.807, 2.05) is 0 Å². The molecule has 2 heterocycles. The van der Waals surface area contributed by atoms with Gasteiger partial charge in [-0.25, -0.2) is 9.97 Å². The number of ether oxygens (including phenoxy) is 1. The molecule has 0 spiro atoms. The Balaban J connectivity index is 1.05. The molecule has 1 unspecified atom stereocenters. The zero-order valence-electron chi connectivity index (χ0n) is 26.0. The highest BCUT2D eigenvalue weighted by atomic mass is 16.5. The minimum Gasteiger partial charge on any atom is -0.491 e.